The second-order valence-corrected chi connectivity index (χ2v) is 3.48. The van der Waals surface area contributed by atoms with Crippen LogP contribution >= 0.6 is 0 Å². The van der Waals surface area contributed by atoms with E-state index in [2.05, 4.69) is 27.7 Å². The first-order valence-corrected chi connectivity index (χ1v) is 5.03. The van der Waals surface area contributed by atoms with Gasteiger partial charge in [-0.05, 0) is 51.7 Å². The first-order chi connectivity index (χ1) is 6.02. The van der Waals surface area contributed by atoms with Crippen molar-refractivity contribution in [1.82, 2.24) is 0 Å². The molecule has 0 N–H and O–H groups in total. The SMILES string of the molecule is CCC(C)=C(C)OC(C)=C(C)CC. The van der Waals surface area contributed by atoms with Gasteiger partial charge < -0.3 is 4.74 Å². The first kappa shape index (κ1) is 12.3. The van der Waals surface area contributed by atoms with Crippen LogP contribution in [-0.2, 0) is 4.74 Å². The summed E-state index contributed by atoms with van der Waals surface area (Å²) in [5, 5.41) is 0. The molecule has 0 fully saturated rings. The van der Waals surface area contributed by atoms with Crippen LogP contribution in [0.2, 0.25) is 0 Å². The molecule has 76 valence electrons. The Hall–Kier alpha value is -0.720. The minimum Gasteiger partial charge on any atom is -0.467 e. The fraction of sp³-hybridized carbons (Fsp3) is 0.667. The molecule has 0 aromatic heterocycles. The highest BCUT2D eigenvalue weighted by atomic mass is 16.5. The second-order valence-electron chi connectivity index (χ2n) is 3.48. The van der Waals surface area contributed by atoms with Crippen molar-refractivity contribution >= 4 is 0 Å². The van der Waals surface area contributed by atoms with Crippen molar-refractivity contribution < 1.29 is 4.74 Å². The predicted octanol–water partition coefficient (Wildman–Crippen LogP) is 4.41. The smallest absolute Gasteiger partial charge is 0.0994 e. The molecule has 13 heavy (non-hydrogen) atoms. The Morgan fingerprint density at radius 1 is 0.769 bits per heavy atom. The molecule has 0 bridgehead atoms. The standard InChI is InChI=1S/C12H22O/c1-7-9(3)11(5)13-12(6)10(4)8-2/h7-8H2,1-6H3. The summed E-state index contributed by atoms with van der Waals surface area (Å²) < 4.78 is 5.71. The molecule has 0 aromatic carbocycles. The Bertz CT molecular complexity index is 197. The molecule has 0 aromatic rings. The highest BCUT2D eigenvalue weighted by Crippen LogP contribution is 2.16. The van der Waals surface area contributed by atoms with Crippen LogP contribution in [-0.4, -0.2) is 0 Å². The topological polar surface area (TPSA) is 9.23 Å². The molecule has 0 aliphatic heterocycles. The molecule has 0 aliphatic rings. The third kappa shape index (κ3) is 4.16. The van der Waals surface area contributed by atoms with Gasteiger partial charge in [-0.15, -0.1) is 0 Å². The van der Waals surface area contributed by atoms with E-state index in [1.54, 1.807) is 0 Å². The lowest BCUT2D eigenvalue weighted by Crippen LogP contribution is -1.92. The molecule has 1 heteroatoms. The zero-order chi connectivity index (χ0) is 10.4. The van der Waals surface area contributed by atoms with E-state index in [-0.39, 0.29) is 0 Å². The number of rotatable bonds is 4. The second kappa shape index (κ2) is 5.85. The molecule has 0 heterocycles. The average Bonchev–Trinajstić information content (AvgIpc) is 2.14. The van der Waals surface area contributed by atoms with E-state index in [4.69, 9.17) is 4.74 Å². The first-order valence-electron chi connectivity index (χ1n) is 5.03. The van der Waals surface area contributed by atoms with Gasteiger partial charge in [-0.2, -0.15) is 0 Å². The van der Waals surface area contributed by atoms with E-state index in [1.165, 1.54) is 11.1 Å². The van der Waals surface area contributed by atoms with E-state index in [9.17, 15) is 0 Å². The molecular weight excluding hydrogens is 160 g/mol. The third-order valence-electron chi connectivity index (χ3n) is 2.57. The molecule has 0 radical (unpaired) electrons. The number of hydrogen-bond donors (Lipinski definition) is 0. The lowest BCUT2D eigenvalue weighted by molar-refractivity contribution is 0.297. The highest BCUT2D eigenvalue weighted by molar-refractivity contribution is 5.09. The lowest BCUT2D eigenvalue weighted by Gasteiger charge is -2.11. The molecule has 0 saturated heterocycles. The molecular formula is C12H22O. The lowest BCUT2D eigenvalue weighted by atomic mass is 10.2. The van der Waals surface area contributed by atoms with E-state index in [0.717, 1.165) is 24.4 Å². The van der Waals surface area contributed by atoms with Crippen LogP contribution in [0.1, 0.15) is 54.4 Å². The normalized spacial score (nSPS) is 14.9. The van der Waals surface area contributed by atoms with Gasteiger partial charge in [0.1, 0.15) is 0 Å². The summed E-state index contributed by atoms with van der Waals surface area (Å²) in [6.07, 6.45) is 2.12. The van der Waals surface area contributed by atoms with Gasteiger partial charge >= 0.3 is 0 Å². The van der Waals surface area contributed by atoms with Crippen molar-refractivity contribution in [3.8, 4) is 0 Å². The van der Waals surface area contributed by atoms with Crippen LogP contribution in [0.4, 0.5) is 0 Å². The monoisotopic (exact) mass is 182 g/mol. The summed E-state index contributed by atoms with van der Waals surface area (Å²) in [7, 11) is 0. The Morgan fingerprint density at radius 2 is 1.08 bits per heavy atom. The van der Waals surface area contributed by atoms with E-state index < -0.39 is 0 Å². The van der Waals surface area contributed by atoms with E-state index in [0.29, 0.717) is 0 Å². The fourth-order valence-electron chi connectivity index (χ4n) is 0.902. The molecule has 0 aliphatic carbocycles. The number of ether oxygens (including phenoxy) is 1. The molecule has 0 saturated carbocycles. The van der Waals surface area contributed by atoms with Crippen LogP contribution < -0.4 is 0 Å². The van der Waals surface area contributed by atoms with Gasteiger partial charge in [-0.3, -0.25) is 0 Å². The molecule has 0 unspecified atom stereocenters. The largest absolute Gasteiger partial charge is 0.467 e. The summed E-state index contributed by atoms with van der Waals surface area (Å²) in [5.41, 5.74) is 2.64. The third-order valence-corrected chi connectivity index (χ3v) is 2.57. The highest BCUT2D eigenvalue weighted by Gasteiger charge is 1.99. The summed E-state index contributed by atoms with van der Waals surface area (Å²) in [4.78, 5) is 0. The maximum Gasteiger partial charge on any atom is 0.0994 e. The van der Waals surface area contributed by atoms with Crippen LogP contribution in [0.25, 0.3) is 0 Å². The summed E-state index contributed by atoms with van der Waals surface area (Å²) in [6.45, 7) is 12.6. The average molecular weight is 182 g/mol. The van der Waals surface area contributed by atoms with Crippen LogP contribution in [0, 0.1) is 0 Å². The van der Waals surface area contributed by atoms with E-state index >= 15 is 0 Å². The number of hydrogen-bond acceptors (Lipinski definition) is 1. The minimum atomic E-state index is 1.05. The fourth-order valence-corrected chi connectivity index (χ4v) is 0.902. The number of allylic oxidation sites excluding steroid dienone is 4. The van der Waals surface area contributed by atoms with Crippen LogP contribution in [0.3, 0.4) is 0 Å². The van der Waals surface area contributed by atoms with Crippen LogP contribution in [0.15, 0.2) is 22.7 Å². The van der Waals surface area contributed by atoms with Crippen molar-refractivity contribution in [2.24, 2.45) is 0 Å². The van der Waals surface area contributed by atoms with Gasteiger partial charge in [0.05, 0.1) is 11.5 Å². The maximum absolute atomic E-state index is 5.71. The molecule has 0 amide bonds. The zero-order valence-electron chi connectivity index (χ0n) is 9.82. The van der Waals surface area contributed by atoms with Gasteiger partial charge in [-0.25, -0.2) is 0 Å². The minimum absolute atomic E-state index is 1.05. The summed E-state index contributed by atoms with van der Waals surface area (Å²) >= 11 is 0. The van der Waals surface area contributed by atoms with Gasteiger partial charge in [0.2, 0.25) is 0 Å². The Kier molecular flexibility index (Phi) is 5.52. The van der Waals surface area contributed by atoms with Crippen LogP contribution in [0.5, 0.6) is 0 Å². The van der Waals surface area contributed by atoms with Crippen molar-refractivity contribution in [1.29, 1.82) is 0 Å². The van der Waals surface area contributed by atoms with Gasteiger partial charge in [0, 0.05) is 0 Å². The molecule has 0 rings (SSSR count). The Morgan fingerprint density at radius 3 is 1.31 bits per heavy atom. The quantitative estimate of drug-likeness (QED) is 0.585. The van der Waals surface area contributed by atoms with Gasteiger partial charge in [-0.1, -0.05) is 13.8 Å². The summed E-state index contributed by atoms with van der Waals surface area (Å²) in [6, 6.07) is 0. The van der Waals surface area contributed by atoms with Crippen molar-refractivity contribution in [3.63, 3.8) is 0 Å². The Balaban J connectivity index is 4.46. The molecule has 0 spiro atoms. The molecule has 0 atom stereocenters. The Labute approximate surface area is 82.5 Å². The van der Waals surface area contributed by atoms with Gasteiger partial charge in [0.15, 0.2) is 0 Å². The molecule has 1 nitrogen and oxygen atoms in total. The van der Waals surface area contributed by atoms with Crippen molar-refractivity contribution in [2.45, 2.75) is 54.4 Å². The van der Waals surface area contributed by atoms with Crippen molar-refractivity contribution in [3.05, 3.63) is 22.7 Å². The van der Waals surface area contributed by atoms with Gasteiger partial charge in [0.25, 0.3) is 0 Å². The maximum atomic E-state index is 5.71. The zero-order valence-corrected chi connectivity index (χ0v) is 9.82. The van der Waals surface area contributed by atoms with Crippen molar-refractivity contribution in [2.75, 3.05) is 0 Å². The van der Waals surface area contributed by atoms with E-state index in [1.807, 2.05) is 13.8 Å². The summed E-state index contributed by atoms with van der Waals surface area (Å²) in [5.74, 6) is 2.10. The predicted molar refractivity (Wildman–Crippen MR) is 58.4 cm³/mol.